The van der Waals surface area contributed by atoms with E-state index in [2.05, 4.69) is 4.98 Å². The van der Waals surface area contributed by atoms with Crippen molar-refractivity contribution >= 4 is 16.7 Å². The van der Waals surface area contributed by atoms with Crippen LogP contribution in [0.3, 0.4) is 0 Å². The highest BCUT2D eigenvalue weighted by molar-refractivity contribution is 5.84. The molecule has 0 aliphatic heterocycles. The first-order chi connectivity index (χ1) is 14.2. The van der Waals surface area contributed by atoms with Crippen molar-refractivity contribution in [3.05, 3.63) is 84.4 Å². The van der Waals surface area contributed by atoms with Crippen LogP contribution >= 0.6 is 0 Å². The number of fused-ring (bicyclic) bond motifs is 1. The van der Waals surface area contributed by atoms with Gasteiger partial charge in [0.15, 0.2) is 11.7 Å². The minimum absolute atomic E-state index is 0.222. The number of oxazole rings is 1. The summed E-state index contributed by atoms with van der Waals surface area (Å²) in [5.41, 5.74) is 1.90. The van der Waals surface area contributed by atoms with Gasteiger partial charge < -0.3 is 13.9 Å². The number of aryl methyl sites for hydroxylation is 1. The van der Waals surface area contributed by atoms with Gasteiger partial charge in [0.2, 0.25) is 0 Å². The molecule has 1 heterocycles. The quantitative estimate of drug-likeness (QED) is 0.409. The summed E-state index contributed by atoms with van der Waals surface area (Å²) in [6.45, 7) is 0.238. The number of esters is 1. The van der Waals surface area contributed by atoms with E-state index in [1.807, 2.05) is 66.7 Å². The van der Waals surface area contributed by atoms with Crippen molar-refractivity contribution in [1.29, 1.82) is 0 Å². The summed E-state index contributed by atoms with van der Waals surface area (Å²) in [5, 5.41) is 2.16. The van der Waals surface area contributed by atoms with E-state index < -0.39 is 0 Å². The molecule has 5 heteroatoms. The number of benzene rings is 3. The van der Waals surface area contributed by atoms with Gasteiger partial charge >= 0.3 is 5.97 Å². The van der Waals surface area contributed by atoms with Gasteiger partial charge in [-0.2, -0.15) is 0 Å². The lowest BCUT2D eigenvalue weighted by Gasteiger charge is -2.07. The Balaban J connectivity index is 1.30. The molecule has 4 aromatic rings. The molecule has 0 bridgehead atoms. The van der Waals surface area contributed by atoms with Crippen molar-refractivity contribution in [2.75, 3.05) is 7.11 Å². The molecule has 29 heavy (non-hydrogen) atoms. The molecule has 0 spiro atoms. The van der Waals surface area contributed by atoms with Crippen LogP contribution < -0.4 is 4.74 Å². The largest absolute Gasteiger partial charge is 0.497 e. The summed E-state index contributed by atoms with van der Waals surface area (Å²) in [5.74, 6) is 1.76. The lowest BCUT2D eigenvalue weighted by Crippen LogP contribution is -2.06. The first-order valence-electron chi connectivity index (χ1n) is 9.44. The average Bonchev–Trinajstić information content (AvgIpc) is 3.25. The van der Waals surface area contributed by atoms with E-state index >= 15 is 0 Å². The standard InChI is InChI=1S/C24H21NO4/c1-27-21-10-9-19-13-17(7-8-20(19)14-21)16-28-24(26)12-11-23-25-15-22(29-23)18-5-3-2-4-6-18/h2-10,13-15H,11-12,16H2,1H3. The average molecular weight is 387 g/mol. The van der Waals surface area contributed by atoms with Crippen LogP contribution in [-0.4, -0.2) is 18.1 Å². The third-order valence-corrected chi connectivity index (χ3v) is 4.67. The van der Waals surface area contributed by atoms with Crippen LogP contribution in [-0.2, 0) is 22.6 Å². The maximum Gasteiger partial charge on any atom is 0.306 e. The fraction of sp³-hybridized carbons (Fsp3) is 0.167. The van der Waals surface area contributed by atoms with Gasteiger partial charge in [0.25, 0.3) is 0 Å². The predicted molar refractivity (Wildman–Crippen MR) is 111 cm³/mol. The summed E-state index contributed by atoms with van der Waals surface area (Å²) < 4.78 is 16.4. The molecule has 4 rings (SSSR count). The van der Waals surface area contributed by atoms with Gasteiger partial charge in [0.05, 0.1) is 19.7 Å². The van der Waals surface area contributed by atoms with Crippen LogP contribution in [0.15, 0.2) is 77.3 Å². The van der Waals surface area contributed by atoms with Crippen molar-refractivity contribution in [2.45, 2.75) is 19.4 Å². The fourth-order valence-corrected chi connectivity index (χ4v) is 3.10. The maximum atomic E-state index is 12.1. The second kappa shape index (κ2) is 8.61. The number of rotatable bonds is 7. The molecule has 0 aliphatic carbocycles. The van der Waals surface area contributed by atoms with E-state index in [0.717, 1.165) is 27.6 Å². The van der Waals surface area contributed by atoms with Crippen molar-refractivity contribution < 1.29 is 18.7 Å². The minimum atomic E-state index is -0.278. The first kappa shape index (κ1) is 18.7. The van der Waals surface area contributed by atoms with Crippen LogP contribution in [0.1, 0.15) is 17.9 Å². The van der Waals surface area contributed by atoms with E-state index in [1.54, 1.807) is 13.3 Å². The van der Waals surface area contributed by atoms with Crippen LogP contribution in [0.2, 0.25) is 0 Å². The molecule has 0 unspecified atom stereocenters. The fourth-order valence-electron chi connectivity index (χ4n) is 3.10. The number of methoxy groups -OCH3 is 1. The molecule has 0 radical (unpaired) electrons. The van der Waals surface area contributed by atoms with Crippen molar-refractivity contribution in [3.63, 3.8) is 0 Å². The van der Waals surface area contributed by atoms with Crippen molar-refractivity contribution in [1.82, 2.24) is 4.98 Å². The predicted octanol–water partition coefficient (Wildman–Crippen LogP) is 5.18. The van der Waals surface area contributed by atoms with Crippen molar-refractivity contribution in [3.8, 4) is 17.1 Å². The number of aromatic nitrogens is 1. The number of nitrogens with zero attached hydrogens (tertiary/aromatic N) is 1. The number of ether oxygens (including phenoxy) is 2. The van der Waals surface area contributed by atoms with Crippen LogP contribution in [0, 0.1) is 0 Å². The van der Waals surface area contributed by atoms with Crippen LogP contribution in [0.4, 0.5) is 0 Å². The van der Waals surface area contributed by atoms with Crippen LogP contribution in [0.25, 0.3) is 22.1 Å². The number of hydrogen-bond acceptors (Lipinski definition) is 5. The molecule has 3 aromatic carbocycles. The summed E-state index contributed by atoms with van der Waals surface area (Å²) in [6, 6.07) is 21.6. The Labute approximate surface area is 168 Å². The third kappa shape index (κ3) is 4.63. The number of carbonyl (C=O) groups excluding carboxylic acids is 1. The van der Waals surface area contributed by atoms with Gasteiger partial charge in [-0.3, -0.25) is 4.79 Å². The summed E-state index contributed by atoms with van der Waals surface area (Å²) in [7, 11) is 1.65. The maximum absolute atomic E-state index is 12.1. The van der Waals surface area contributed by atoms with Gasteiger partial charge in [-0.15, -0.1) is 0 Å². The lowest BCUT2D eigenvalue weighted by atomic mass is 10.1. The molecular formula is C24H21NO4. The first-order valence-corrected chi connectivity index (χ1v) is 9.44. The third-order valence-electron chi connectivity index (χ3n) is 4.67. The highest BCUT2D eigenvalue weighted by Gasteiger charge is 2.10. The highest BCUT2D eigenvalue weighted by Crippen LogP contribution is 2.23. The Hall–Kier alpha value is -3.60. The van der Waals surface area contributed by atoms with E-state index in [9.17, 15) is 4.79 Å². The lowest BCUT2D eigenvalue weighted by molar-refractivity contribution is -0.145. The molecular weight excluding hydrogens is 366 g/mol. The Morgan fingerprint density at radius 2 is 1.79 bits per heavy atom. The molecule has 1 aromatic heterocycles. The molecule has 5 nitrogen and oxygen atoms in total. The van der Waals surface area contributed by atoms with Gasteiger partial charge in [0, 0.05) is 12.0 Å². The van der Waals surface area contributed by atoms with Gasteiger partial charge in [0.1, 0.15) is 12.4 Å². The molecule has 0 fully saturated rings. The Kier molecular flexibility index (Phi) is 5.56. The van der Waals surface area contributed by atoms with Gasteiger partial charge in [-0.1, -0.05) is 48.5 Å². The van der Waals surface area contributed by atoms with Gasteiger partial charge in [-0.05, 0) is 34.5 Å². The Bertz CT molecular complexity index is 1120. The highest BCUT2D eigenvalue weighted by atomic mass is 16.5. The monoisotopic (exact) mass is 387 g/mol. The normalized spacial score (nSPS) is 10.8. The number of carbonyl (C=O) groups is 1. The Morgan fingerprint density at radius 3 is 2.62 bits per heavy atom. The molecule has 0 atom stereocenters. The molecule has 146 valence electrons. The Morgan fingerprint density at radius 1 is 1.00 bits per heavy atom. The zero-order chi connectivity index (χ0) is 20.1. The summed E-state index contributed by atoms with van der Waals surface area (Å²) in [4.78, 5) is 16.4. The van der Waals surface area contributed by atoms with Crippen LogP contribution in [0.5, 0.6) is 5.75 Å². The van der Waals surface area contributed by atoms with E-state index in [1.165, 1.54) is 0 Å². The zero-order valence-electron chi connectivity index (χ0n) is 16.1. The molecule has 0 aliphatic rings. The summed E-state index contributed by atoms with van der Waals surface area (Å²) in [6.07, 6.45) is 2.31. The van der Waals surface area contributed by atoms with E-state index in [0.29, 0.717) is 18.1 Å². The molecule has 0 N–H and O–H groups in total. The molecule has 0 amide bonds. The topological polar surface area (TPSA) is 61.6 Å². The second-order valence-electron chi connectivity index (χ2n) is 6.69. The molecule has 0 saturated heterocycles. The van der Waals surface area contributed by atoms with Gasteiger partial charge in [-0.25, -0.2) is 4.98 Å². The van der Waals surface area contributed by atoms with Crippen molar-refractivity contribution in [2.24, 2.45) is 0 Å². The number of hydrogen-bond donors (Lipinski definition) is 0. The summed E-state index contributed by atoms with van der Waals surface area (Å²) >= 11 is 0. The minimum Gasteiger partial charge on any atom is -0.497 e. The second-order valence-corrected chi connectivity index (χ2v) is 6.69. The SMILES string of the molecule is COc1ccc2cc(COC(=O)CCc3ncc(-c4ccccc4)o3)ccc2c1. The van der Waals surface area contributed by atoms with E-state index in [4.69, 9.17) is 13.9 Å². The molecule has 0 saturated carbocycles. The smallest absolute Gasteiger partial charge is 0.306 e. The zero-order valence-corrected chi connectivity index (χ0v) is 16.1. The van der Waals surface area contributed by atoms with E-state index in [-0.39, 0.29) is 19.0 Å².